The lowest BCUT2D eigenvalue weighted by atomic mass is 10.1. The van der Waals surface area contributed by atoms with Crippen LogP contribution in [-0.2, 0) is 16.1 Å². The van der Waals surface area contributed by atoms with Crippen LogP contribution < -0.4 is 10.2 Å². The highest BCUT2D eigenvalue weighted by molar-refractivity contribution is 6.34. The number of urea groups is 1. The molecular weight excluding hydrogens is 484 g/mol. The van der Waals surface area contributed by atoms with Gasteiger partial charge in [-0.1, -0.05) is 29.8 Å². The summed E-state index contributed by atoms with van der Waals surface area (Å²) in [6.45, 7) is 5.89. The molecule has 0 radical (unpaired) electrons. The molecule has 9 nitrogen and oxygen atoms in total. The van der Waals surface area contributed by atoms with Gasteiger partial charge in [0.05, 0.1) is 22.9 Å². The van der Waals surface area contributed by atoms with Gasteiger partial charge in [-0.05, 0) is 50.6 Å². The number of para-hydroxylation sites is 1. The van der Waals surface area contributed by atoms with Crippen molar-refractivity contribution in [3.63, 3.8) is 0 Å². The van der Waals surface area contributed by atoms with Gasteiger partial charge in [-0.3, -0.25) is 9.59 Å². The van der Waals surface area contributed by atoms with Gasteiger partial charge in [0, 0.05) is 30.4 Å². The van der Waals surface area contributed by atoms with E-state index in [2.05, 4.69) is 10.3 Å². The number of halogens is 1. The normalized spacial score (nSPS) is 15.2. The summed E-state index contributed by atoms with van der Waals surface area (Å²) in [5.41, 5.74) is 3.22. The molecular formula is C26H27ClN4O5. The molecule has 0 saturated heterocycles. The maximum Gasteiger partial charge on any atom is 0.325 e. The smallest absolute Gasteiger partial charge is 0.325 e. The van der Waals surface area contributed by atoms with E-state index in [1.165, 1.54) is 0 Å². The summed E-state index contributed by atoms with van der Waals surface area (Å²) < 4.78 is 10.3. The first-order valence-corrected chi connectivity index (χ1v) is 12.0. The second-order valence-electron chi connectivity index (χ2n) is 8.47. The molecule has 2 aromatic carbocycles. The van der Waals surface area contributed by atoms with E-state index < -0.39 is 12.0 Å². The zero-order valence-corrected chi connectivity index (χ0v) is 21.0. The van der Waals surface area contributed by atoms with Crippen molar-refractivity contribution in [2.45, 2.75) is 33.4 Å². The zero-order valence-electron chi connectivity index (χ0n) is 20.3. The lowest BCUT2D eigenvalue weighted by Crippen LogP contribution is -2.49. The fraction of sp³-hybridized carbons (Fsp3) is 0.308. The van der Waals surface area contributed by atoms with Crippen molar-refractivity contribution in [2.75, 3.05) is 24.6 Å². The average Bonchev–Trinajstić information content (AvgIpc) is 3.24. The summed E-state index contributed by atoms with van der Waals surface area (Å²) in [7, 11) is 0. The van der Waals surface area contributed by atoms with Crippen LogP contribution in [0, 0.1) is 6.92 Å². The predicted octanol–water partition coefficient (Wildman–Crippen LogP) is 4.43. The van der Waals surface area contributed by atoms with E-state index in [4.69, 9.17) is 20.8 Å². The number of hydrogen-bond acceptors (Lipinski definition) is 6. The monoisotopic (exact) mass is 510 g/mol. The molecule has 188 valence electrons. The van der Waals surface area contributed by atoms with Crippen LogP contribution in [0.1, 0.15) is 35.5 Å². The average molecular weight is 511 g/mol. The maximum absolute atomic E-state index is 13.7. The third-order valence-electron chi connectivity index (χ3n) is 5.86. The van der Waals surface area contributed by atoms with Gasteiger partial charge < -0.3 is 24.3 Å². The van der Waals surface area contributed by atoms with Crippen LogP contribution >= 0.6 is 11.6 Å². The number of benzene rings is 2. The molecule has 0 aliphatic carbocycles. The Hall–Kier alpha value is -3.85. The number of aryl methyl sites for hydroxylation is 1. The van der Waals surface area contributed by atoms with Gasteiger partial charge in [-0.15, -0.1) is 0 Å². The van der Waals surface area contributed by atoms with Crippen molar-refractivity contribution in [2.24, 2.45) is 0 Å². The Kier molecular flexibility index (Phi) is 7.59. The Bertz CT molecular complexity index is 1290. The molecule has 3 aromatic rings. The summed E-state index contributed by atoms with van der Waals surface area (Å²) in [6, 6.07) is 11.7. The number of nitrogens with zero attached hydrogens (tertiary/aromatic N) is 3. The van der Waals surface area contributed by atoms with Crippen molar-refractivity contribution < 1.29 is 23.5 Å². The van der Waals surface area contributed by atoms with E-state index in [9.17, 15) is 14.4 Å². The zero-order chi connectivity index (χ0) is 25.8. The Labute approximate surface area is 214 Å². The lowest BCUT2D eigenvalue weighted by Gasteiger charge is -2.29. The van der Waals surface area contributed by atoms with E-state index in [-0.39, 0.29) is 43.2 Å². The molecule has 1 aliphatic rings. The van der Waals surface area contributed by atoms with Crippen LogP contribution in [0.3, 0.4) is 0 Å². The highest BCUT2D eigenvalue weighted by Crippen LogP contribution is 2.31. The van der Waals surface area contributed by atoms with E-state index in [1.807, 2.05) is 38.1 Å². The molecule has 2 heterocycles. The van der Waals surface area contributed by atoms with Crippen molar-refractivity contribution in [3.05, 3.63) is 70.6 Å². The number of nitrogens with one attached hydrogen (secondary N) is 1. The quantitative estimate of drug-likeness (QED) is 0.509. The molecule has 1 aromatic heterocycles. The van der Waals surface area contributed by atoms with Gasteiger partial charge in [0.2, 0.25) is 5.89 Å². The largest absolute Gasteiger partial charge is 0.465 e. The fourth-order valence-electron chi connectivity index (χ4n) is 4.09. The molecule has 0 fully saturated rings. The minimum absolute atomic E-state index is 0.230. The number of anilines is 1. The standard InChI is InChI=1S/C26H27ClN4O5/c1-4-35-23(32)12-28-26(34)30-14-19-7-5-6-8-22(19)31(13-17(30)3)25(33)20-10-9-18(11-21(20)27)24-29-16(2)15-36-24/h5-11,15,17H,4,12-14H2,1-3H3,(H,28,34)/t17-/m1/s1. The molecule has 1 N–H and O–H groups in total. The number of oxazole rings is 1. The third kappa shape index (κ3) is 5.36. The highest BCUT2D eigenvalue weighted by Gasteiger charge is 2.32. The number of amides is 3. The Morgan fingerprint density at radius 2 is 2.00 bits per heavy atom. The van der Waals surface area contributed by atoms with E-state index in [0.29, 0.717) is 22.7 Å². The van der Waals surface area contributed by atoms with Gasteiger partial charge in [-0.25, -0.2) is 9.78 Å². The summed E-state index contributed by atoms with van der Waals surface area (Å²) in [5, 5.41) is 2.88. The van der Waals surface area contributed by atoms with Gasteiger partial charge in [-0.2, -0.15) is 0 Å². The second-order valence-corrected chi connectivity index (χ2v) is 8.88. The molecule has 1 aliphatic heterocycles. The molecule has 0 unspecified atom stereocenters. The van der Waals surface area contributed by atoms with Crippen molar-refractivity contribution in [1.82, 2.24) is 15.2 Å². The molecule has 0 bridgehead atoms. The molecule has 10 heteroatoms. The first-order valence-electron chi connectivity index (χ1n) is 11.6. The summed E-state index contributed by atoms with van der Waals surface area (Å²) >= 11 is 6.54. The van der Waals surface area contributed by atoms with Gasteiger partial charge in [0.1, 0.15) is 12.8 Å². The third-order valence-corrected chi connectivity index (χ3v) is 6.18. The number of rotatable bonds is 5. The Morgan fingerprint density at radius 3 is 2.69 bits per heavy atom. The van der Waals surface area contributed by atoms with Gasteiger partial charge >= 0.3 is 12.0 Å². The summed E-state index contributed by atoms with van der Waals surface area (Å²) in [4.78, 5) is 45.9. The minimum atomic E-state index is -0.511. The molecule has 0 spiro atoms. The van der Waals surface area contributed by atoms with Gasteiger partial charge in [0.25, 0.3) is 5.91 Å². The minimum Gasteiger partial charge on any atom is -0.465 e. The SMILES string of the molecule is CCOC(=O)CNC(=O)N1Cc2ccccc2N(C(=O)c2ccc(-c3nc(C)co3)cc2Cl)C[C@H]1C. The topological polar surface area (TPSA) is 105 Å². The predicted molar refractivity (Wildman–Crippen MR) is 135 cm³/mol. The highest BCUT2D eigenvalue weighted by atomic mass is 35.5. The first kappa shape index (κ1) is 25.2. The van der Waals surface area contributed by atoms with Crippen molar-refractivity contribution in [3.8, 4) is 11.5 Å². The summed E-state index contributed by atoms with van der Waals surface area (Å²) in [6.07, 6.45) is 1.55. The number of ether oxygens (including phenoxy) is 1. The molecule has 36 heavy (non-hydrogen) atoms. The molecule has 0 saturated carbocycles. The number of aromatic nitrogens is 1. The lowest BCUT2D eigenvalue weighted by molar-refractivity contribution is -0.141. The van der Waals surface area contributed by atoms with Gasteiger partial charge in [0.15, 0.2) is 0 Å². The Balaban J connectivity index is 1.59. The van der Waals surface area contributed by atoms with Crippen molar-refractivity contribution in [1.29, 1.82) is 0 Å². The van der Waals surface area contributed by atoms with Crippen LogP contribution in [0.4, 0.5) is 10.5 Å². The Morgan fingerprint density at radius 1 is 1.22 bits per heavy atom. The van der Waals surface area contributed by atoms with Crippen LogP contribution in [0.5, 0.6) is 0 Å². The number of carbonyl (C=O) groups is 3. The van der Waals surface area contributed by atoms with Crippen molar-refractivity contribution >= 4 is 35.2 Å². The summed E-state index contributed by atoms with van der Waals surface area (Å²) in [5.74, 6) is -0.377. The number of carbonyl (C=O) groups excluding carboxylic acids is 3. The van der Waals surface area contributed by atoms with Crippen LogP contribution in [0.15, 0.2) is 53.1 Å². The van der Waals surface area contributed by atoms with E-state index in [1.54, 1.807) is 41.2 Å². The maximum atomic E-state index is 13.7. The second kappa shape index (κ2) is 10.8. The molecule has 1 atom stereocenters. The van der Waals surface area contributed by atoms with Crippen LogP contribution in [-0.4, -0.2) is 53.5 Å². The van der Waals surface area contributed by atoms with E-state index >= 15 is 0 Å². The number of hydrogen-bond donors (Lipinski definition) is 1. The van der Waals surface area contributed by atoms with E-state index in [0.717, 1.165) is 11.3 Å². The molecule has 3 amide bonds. The number of esters is 1. The number of fused-ring (bicyclic) bond motifs is 1. The fourth-order valence-corrected chi connectivity index (χ4v) is 4.35. The van der Waals surface area contributed by atoms with Crippen LogP contribution in [0.25, 0.3) is 11.5 Å². The van der Waals surface area contributed by atoms with Crippen LogP contribution in [0.2, 0.25) is 5.02 Å². The molecule has 4 rings (SSSR count). The first-order chi connectivity index (χ1) is 17.3.